The predicted octanol–water partition coefficient (Wildman–Crippen LogP) is 5.48. The van der Waals surface area contributed by atoms with E-state index in [0.29, 0.717) is 33.3 Å². The molecule has 9 heteroatoms. The Kier molecular flexibility index (Phi) is 7.41. The fourth-order valence-corrected chi connectivity index (χ4v) is 4.05. The number of hydrogen-bond acceptors (Lipinski definition) is 5. The zero-order chi connectivity index (χ0) is 20.8. The van der Waals surface area contributed by atoms with Crippen LogP contribution in [-0.4, -0.2) is 26.4 Å². The van der Waals surface area contributed by atoms with Crippen molar-refractivity contribution in [2.24, 2.45) is 0 Å². The summed E-state index contributed by atoms with van der Waals surface area (Å²) in [5.41, 5.74) is 0.552. The first-order valence-corrected chi connectivity index (χ1v) is 10.7. The number of rotatable bonds is 8. The first-order chi connectivity index (χ1) is 14.0. The van der Waals surface area contributed by atoms with Crippen molar-refractivity contribution in [3.8, 4) is 5.75 Å². The summed E-state index contributed by atoms with van der Waals surface area (Å²) < 4.78 is 7.89. The van der Waals surface area contributed by atoms with Gasteiger partial charge in [-0.05, 0) is 44.2 Å². The van der Waals surface area contributed by atoms with Gasteiger partial charge in [0, 0.05) is 22.3 Å². The van der Waals surface area contributed by atoms with Crippen molar-refractivity contribution in [2.45, 2.75) is 31.7 Å². The van der Waals surface area contributed by atoms with Crippen LogP contribution in [-0.2, 0) is 11.3 Å². The van der Waals surface area contributed by atoms with E-state index in [9.17, 15) is 4.79 Å². The molecule has 0 saturated carbocycles. The number of halogens is 2. The summed E-state index contributed by atoms with van der Waals surface area (Å²) >= 11 is 13.2. The van der Waals surface area contributed by atoms with E-state index in [1.54, 1.807) is 18.2 Å². The highest BCUT2D eigenvalue weighted by Crippen LogP contribution is 2.25. The van der Waals surface area contributed by atoms with Gasteiger partial charge in [0.05, 0.1) is 5.75 Å². The van der Waals surface area contributed by atoms with Gasteiger partial charge in [-0.3, -0.25) is 4.79 Å². The maximum absolute atomic E-state index is 12.3. The Balaban J connectivity index is 1.63. The fraction of sp³-hybridized carbons (Fsp3) is 0.250. The van der Waals surface area contributed by atoms with Gasteiger partial charge in [-0.2, -0.15) is 0 Å². The highest BCUT2D eigenvalue weighted by atomic mass is 35.5. The van der Waals surface area contributed by atoms with E-state index in [1.807, 2.05) is 48.7 Å². The summed E-state index contributed by atoms with van der Waals surface area (Å²) in [5.74, 6) is 1.46. The number of benzene rings is 2. The molecule has 29 heavy (non-hydrogen) atoms. The molecule has 2 aromatic carbocycles. The lowest BCUT2D eigenvalue weighted by Crippen LogP contribution is -2.15. The van der Waals surface area contributed by atoms with Gasteiger partial charge >= 0.3 is 0 Å². The minimum Gasteiger partial charge on any atom is -0.483 e. The van der Waals surface area contributed by atoms with Gasteiger partial charge in [-0.1, -0.05) is 53.2 Å². The van der Waals surface area contributed by atoms with Crippen LogP contribution in [0.25, 0.3) is 0 Å². The van der Waals surface area contributed by atoms with Crippen LogP contribution in [0.3, 0.4) is 0 Å². The maximum Gasteiger partial charge on any atom is 0.234 e. The summed E-state index contributed by atoms with van der Waals surface area (Å²) in [6.07, 6.45) is -0.276. The molecule has 0 saturated heterocycles. The molecule has 1 N–H and O–H groups in total. The van der Waals surface area contributed by atoms with Crippen LogP contribution >= 0.6 is 35.0 Å². The number of anilines is 1. The first kappa shape index (κ1) is 21.5. The Morgan fingerprint density at radius 3 is 2.52 bits per heavy atom. The largest absolute Gasteiger partial charge is 0.483 e. The second kappa shape index (κ2) is 10.0. The molecule has 6 nitrogen and oxygen atoms in total. The molecule has 0 spiro atoms. The second-order valence-corrected chi connectivity index (χ2v) is 7.97. The molecular formula is C20H20Cl2N4O2S. The molecule has 0 fully saturated rings. The van der Waals surface area contributed by atoms with Gasteiger partial charge in [0.1, 0.15) is 5.75 Å². The standard InChI is InChI=1S/C20H20Cl2N4O2S/c1-3-26-19(13(2)28-17-7-5-4-6-8-17)24-25-20(26)29-12-18(27)23-16-10-14(21)9-15(22)11-16/h4-11,13H,3,12H2,1-2H3,(H,23,27). The molecule has 0 radical (unpaired) electrons. The topological polar surface area (TPSA) is 69.0 Å². The van der Waals surface area contributed by atoms with Gasteiger partial charge < -0.3 is 14.6 Å². The summed E-state index contributed by atoms with van der Waals surface area (Å²) in [4.78, 5) is 12.3. The molecule has 1 atom stereocenters. The van der Waals surface area contributed by atoms with Crippen LogP contribution in [0.15, 0.2) is 53.7 Å². The summed E-state index contributed by atoms with van der Waals surface area (Å²) in [6.45, 7) is 4.59. The van der Waals surface area contributed by atoms with Crippen molar-refractivity contribution < 1.29 is 9.53 Å². The van der Waals surface area contributed by atoms with E-state index in [2.05, 4.69) is 15.5 Å². The lowest BCUT2D eigenvalue weighted by atomic mass is 10.3. The number of hydrogen-bond donors (Lipinski definition) is 1. The molecular weight excluding hydrogens is 431 g/mol. The third-order valence-corrected chi connectivity index (χ3v) is 5.36. The van der Waals surface area contributed by atoms with Gasteiger partial charge in [0.2, 0.25) is 5.91 Å². The predicted molar refractivity (Wildman–Crippen MR) is 117 cm³/mol. The SMILES string of the molecule is CCn1c(SCC(=O)Nc2cc(Cl)cc(Cl)c2)nnc1C(C)Oc1ccccc1. The van der Waals surface area contributed by atoms with E-state index < -0.39 is 0 Å². The van der Waals surface area contributed by atoms with E-state index in [-0.39, 0.29) is 17.8 Å². The quantitative estimate of drug-likeness (QED) is 0.460. The number of thioether (sulfide) groups is 1. The Morgan fingerprint density at radius 2 is 1.86 bits per heavy atom. The second-order valence-electron chi connectivity index (χ2n) is 6.15. The molecule has 0 aliphatic heterocycles. The number of ether oxygens (including phenoxy) is 1. The molecule has 0 bridgehead atoms. The number of amides is 1. The van der Waals surface area contributed by atoms with E-state index in [1.165, 1.54) is 11.8 Å². The minimum atomic E-state index is -0.276. The van der Waals surface area contributed by atoms with Gasteiger partial charge in [-0.25, -0.2) is 0 Å². The zero-order valence-corrected chi connectivity index (χ0v) is 18.3. The molecule has 1 unspecified atom stereocenters. The number of carbonyl (C=O) groups excluding carboxylic acids is 1. The molecule has 1 aromatic heterocycles. The Bertz CT molecular complexity index is 962. The average Bonchev–Trinajstić information content (AvgIpc) is 3.09. The monoisotopic (exact) mass is 450 g/mol. The minimum absolute atomic E-state index is 0.177. The van der Waals surface area contributed by atoms with Crippen molar-refractivity contribution in [3.05, 3.63) is 64.4 Å². The number of aromatic nitrogens is 3. The van der Waals surface area contributed by atoms with Crippen molar-refractivity contribution in [2.75, 3.05) is 11.1 Å². The number of carbonyl (C=O) groups is 1. The molecule has 0 aliphatic rings. The van der Waals surface area contributed by atoms with Crippen molar-refractivity contribution >= 4 is 46.6 Å². The van der Waals surface area contributed by atoms with Crippen LogP contribution in [0.4, 0.5) is 5.69 Å². The van der Waals surface area contributed by atoms with Gasteiger partial charge in [0.25, 0.3) is 0 Å². The highest BCUT2D eigenvalue weighted by molar-refractivity contribution is 7.99. The smallest absolute Gasteiger partial charge is 0.234 e. The van der Waals surface area contributed by atoms with Crippen LogP contribution < -0.4 is 10.1 Å². The molecule has 0 aliphatic carbocycles. The van der Waals surface area contributed by atoms with E-state index in [4.69, 9.17) is 27.9 Å². The number of para-hydroxylation sites is 1. The molecule has 1 heterocycles. The van der Waals surface area contributed by atoms with Crippen LogP contribution in [0.1, 0.15) is 25.8 Å². The molecule has 3 rings (SSSR count). The van der Waals surface area contributed by atoms with Gasteiger partial charge in [0.15, 0.2) is 17.1 Å². The van der Waals surface area contributed by atoms with Crippen LogP contribution in [0.2, 0.25) is 10.0 Å². The average molecular weight is 451 g/mol. The lowest BCUT2D eigenvalue weighted by Gasteiger charge is -2.15. The summed E-state index contributed by atoms with van der Waals surface area (Å²) in [7, 11) is 0. The van der Waals surface area contributed by atoms with E-state index >= 15 is 0 Å². The summed E-state index contributed by atoms with van der Waals surface area (Å²) in [5, 5.41) is 12.9. The van der Waals surface area contributed by atoms with Crippen molar-refractivity contribution in [3.63, 3.8) is 0 Å². The number of nitrogens with one attached hydrogen (secondary N) is 1. The number of nitrogens with zero attached hydrogens (tertiary/aromatic N) is 3. The van der Waals surface area contributed by atoms with Crippen molar-refractivity contribution in [1.82, 2.24) is 14.8 Å². The normalized spacial score (nSPS) is 11.9. The van der Waals surface area contributed by atoms with Gasteiger partial charge in [-0.15, -0.1) is 10.2 Å². The Hall–Kier alpha value is -2.22. The molecule has 3 aromatic rings. The zero-order valence-electron chi connectivity index (χ0n) is 15.9. The fourth-order valence-electron chi connectivity index (χ4n) is 2.71. The van der Waals surface area contributed by atoms with E-state index in [0.717, 1.165) is 5.75 Å². The maximum atomic E-state index is 12.3. The first-order valence-electron chi connectivity index (χ1n) is 8.99. The van der Waals surface area contributed by atoms with Crippen LogP contribution in [0, 0.1) is 0 Å². The Morgan fingerprint density at radius 1 is 1.17 bits per heavy atom. The third kappa shape index (κ3) is 5.88. The Labute approximate surface area is 183 Å². The highest BCUT2D eigenvalue weighted by Gasteiger charge is 2.19. The van der Waals surface area contributed by atoms with Crippen LogP contribution in [0.5, 0.6) is 5.75 Å². The third-order valence-electron chi connectivity index (χ3n) is 3.96. The van der Waals surface area contributed by atoms with Crippen molar-refractivity contribution in [1.29, 1.82) is 0 Å². The molecule has 152 valence electrons. The lowest BCUT2D eigenvalue weighted by molar-refractivity contribution is -0.113. The summed E-state index contributed by atoms with van der Waals surface area (Å²) in [6, 6.07) is 14.5. The molecule has 1 amide bonds.